The smallest absolute Gasteiger partial charge is 0.123 e. The van der Waals surface area contributed by atoms with Gasteiger partial charge in [-0.3, -0.25) is 0 Å². The molecule has 0 aromatic heterocycles. The van der Waals surface area contributed by atoms with E-state index in [2.05, 4.69) is 4.90 Å². The number of rotatable bonds is 3. The summed E-state index contributed by atoms with van der Waals surface area (Å²) in [5.41, 5.74) is 0.274. The van der Waals surface area contributed by atoms with Gasteiger partial charge < -0.3 is 15.1 Å². The van der Waals surface area contributed by atoms with Gasteiger partial charge in [0.1, 0.15) is 11.6 Å². The molecule has 1 saturated heterocycles. The van der Waals surface area contributed by atoms with E-state index < -0.39 is 11.9 Å². The molecule has 1 aliphatic rings. The number of benzene rings is 1. The van der Waals surface area contributed by atoms with E-state index in [1.807, 2.05) is 0 Å². The number of likely N-dealkylation sites (tertiary alicyclic amines) is 1. The number of aliphatic hydroxyl groups excluding tert-OH is 1. The predicted molar refractivity (Wildman–Crippen MR) is 63.3 cm³/mol. The maximum Gasteiger partial charge on any atom is 0.123 e. The van der Waals surface area contributed by atoms with Crippen LogP contribution in [0.3, 0.4) is 0 Å². The van der Waals surface area contributed by atoms with E-state index in [9.17, 15) is 14.6 Å². The lowest BCUT2D eigenvalue weighted by Crippen LogP contribution is -2.33. The van der Waals surface area contributed by atoms with Crippen LogP contribution in [0, 0.1) is 5.82 Å². The van der Waals surface area contributed by atoms with Crippen LogP contribution < -0.4 is 0 Å². The minimum Gasteiger partial charge on any atom is -0.508 e. The van der Waals surface area contributed by atoms with Gasteiger partial charge in [0.25, 0.3) is 0 Å². The Morgan fingerprint density at radius 2 is 1.94 bits per heavy atom. The second-order valence-corrected chi connectivity index (χ2v) is 4.58. The number of nitrogens with zero attached hydrogens (tertiary/aromatic N) is 1. The van der Waals surface area contributed by atoms with Crippen LogP contribution in [0.2, 0.25) is 0 Å². The summed E-state index contributed by atoms with van der Waals surface area (Å²) < 4.78 is 13.1. The lowest BCUT2D eigenvalue weighted by molar-refractivity contribution is 0.0993. The number of aromatic hydroxyl groups is 1. The largest absolute Gasteiger partial charge is 0.508 e. The topological polar surface area (TPSA) is 43.7 Å². The van der Waals surface area contributed by atoms with Crippen molar-refractivity contribution in [3.8, 4) is 5.75 Å². The van der Waals surface area contributed by atoms with Crippen LogP contribution in [0.25, 0.3) is 0 Å². The van der Waals surface area contributed by atoms with Gasteiger partial charge in [0.05, 0.1) is 6.10 Å². The third kappa shape index (κ3) is 3.17. The van der Waals surface area contributed by atoms with Gasteiger partial charge in [0.2, 0.25) is 0 Å². The standard InChI is InChI=1S/C13H18FNO2/c14-10-4-5-12(16)11(8-10)13(17)9-15-6-2-1-3-7-15/h4-5,8,13,16-17H,1-3,6-7,9H2. The highest BCUT2D eigenvalue weighted by molar-refractivity contribution is 5.34. The maximum absolute atomic E-state index is 13.1. The van der Waals surface area contributed by atoms with Gasteiger partial charge in [0, 0.05) is 12.1 Å². The van der Waals surface area contributed by atoms with Crippen molar-refractivity contribution in [2.75, 3.05) is 19.6 Å². The summed E-state index contributed by atoms with van der Waals surface area (Å²) in [6.45, 7) is 2.39. The summed E-state index contributed by atoms with van der Waals surface area (Å²) in [7, 11) is 0. The predicted octanol–water partition coefficient (Wildman–Crippen LogP) is 2.05. The van der Waals surface area contributed by atoms with Gasteiger partial charge in [-0.2, -0.15) is 0 Å². The minimum absolute atomic E-state index is 0.0455. The molecule has 94 valence electrons. The number of β-amino-alcohol motifs (C(OH)–C–C–N with tert-alkyl or cyclic N) is 1. The third-order valence-electron chi connectivity index (χ3n) is 3.23. The Balaban J connectivity index is 2.02. The van der Waals surface area contributed by atoms with E-state index in [1.54, 1.807) is 0 Å². The fourth-order valence-corrected chi connectivity index (χ4v) is 2.28. The third-order valence-corrected chi connectivity index (χ3v) is 3.23. The minimum atomic E-state index is -0.830. The summed E-state index contributed by atoms with van der Waals surface area (Å²) in [6, 6.07) is 3.67. The van der Waals surface area contributed by atoms with E-state index in [-0.39, 0.29) is 11.3 Å². The molecule has 1 unspecified atom stereocenters. The molecule has 4 heteroatoms. The first-order valence-corrected chi connectivity index (χ1v) is 6.05. The summed E-state index contributed by atoms with van der Waals surface area (Å²) in [5.74, 6) is -0.480. The first-order chi connectivity index (χ1) is 8.16. The highest BCUT2D eigenvalue weighted by atomic mass is 19.1. The molecule has 0 amide bonds. The molecular weight excluding hydrogens is 221 g/mol. The normalized spacial score (nSPS) is 19.2. The molecule has 1 fully saturated rings. The van der Waals surface area contributed by atoms with Crippen LogP contribution in [-0.4, -0.2) is 34.7 Å². The molecule has 0 bridgehead atoms. The highest BCUT2D eigenvalue weighted by Gasteiger charge is 2.18. The van der Waals surface area contributed by atoms with Crippen LogP contribution in [0.5, 0.6) is 5.75 Å². The van der Waals surface area contributed by atoms with E-state index >= 15 is 0 Å². The van der Waals surface area contributed by atoms with Crippen molar-refractivity contribution in [1.29, 1.82) is 0 Å². The summed E-state index contributed by atoms with van der Waals surface area (Å²) in [5, 5.41) is 19.6. The molecule has 1 heterocycles. The van der Waals surface area contributed by atoms with Crippen LogP contribution in [0.15, 0.2) is 18.2 Å². The number of hydrogen-bond acceptors (Lipinski definition) is 3. The molecule has 3 nitrogen and oxygen atoms in total. The summed E-state index contributed by atoms with van der Waals surface area (Å²) >= 11 is 0. The second-order valence-electron chi connectivity index (χ2n) is 4.58. The number of hydrogen-bond donors (Lipinski definition) is 2. The first-order valence-electron chi connectivity index (χ1n) is 6.05. The first kappa shape index (κ1) is 12.3. The van der Waals surface area contributed by atoms with Crippen molar-refractivity contribution in [3.05, 3.63) is 29.6 Å². The van der Waals surface area contributed by atoms with Crippen molar-refractivity contribution in [2.45, 2.75) is 25.4 Å². The Morgan fingerprint density at radius 1 is 1.24 bits per heavy atom. The molecule has 17 heavy (non-hydrogen) atoms. The lowest BCUT2D eigenvalue weighted by atomic mass is 10.1. The number of phenolic OH excluding ortho intramolecular Hbond substituents is 1. The zero-order chi connectivity index (χ0) is 12.3. The Hall–Kier alpha value is -1.13. The molecule has 1 atom stereocenters. The molecule has 0 aliphatic carbocycles. The zero-order valence-electron chi connectivity index (χ0n) is 9.77. The monoisotopic (exact) mass is 239 g/mol. The van der Waals surface area contributed by atoms with Crippen molar-refractivity contribution in [2.24, 2.45) is 0 Å². The number of piperidine rings is 1. The molecule has 0 radical (unpaired) electrons. The van der Waals surface area contributed by atoms with Crippen LogP contribution in [0.4, 0.5) is 4.39 Å². The molecule has 0 spiro atoms. The van der Waals surface area contributed by atoms with Gasteiger partial charge in [-0.1, -0.05) is 6.42 Å². The Bertz CT molecular complexity index is 378. The van der Waals surface area contributed by atoms with Crippen molar-refractivity contribution in [1.82, 2.24) is 4.90 Å². The van der Waals surface area contributed by atoms with Gasteiger partial charge in [0.15, 0.2) is 0 Å². The molecule has 1 aliphatic heterocycles. The Kier molecular flexibility index (Phi) is 3.97. The van der Waals surface area contributed by atoms with Gasteiger partial charge in [-0.15, -0.1) is 0 Å². The van der Waals surface area contributed by atoms with Crippen molar-refractivity contribution < 1.29 is 14.6 Å². The second kappa shape index (κ2) is 5.47. The van der Waals surface area contributed by atoms with Gasteiger partial charge in [-0.25, -0.2) is 4.39 Å². The molecule has 2 rings (SSSR count). The number of aliphatic hydroxyl groups is 1. The van der Waals surface area contributed by atoms with E-state index in [0.717, 1.165) is 25.9 Å². The molecule has 0 saturated carbocycles. The van der Waals surface area contributed by atoms with E-state index in [4.69, 9.17) is 0 Å². The molecule has 2 N–H and O–H groups in total. The van der Waals surface area contributed by atoms with E-state index in [1.165, 1.54) is 24.6 Å². The molecular formula is C13H18FNO2. The van der Waals surface area contributed by atoms with Gasteiger partial charge in [-0.05, 0) is 44.1 Å². The fraction of sp³-hybridized carbons (Fsp3) is 0.538. The average Bonchev–Trinajstić information content (AvgIpc) is 2.33. The Morgan fingerprint density at radius 3 is 2.65 bits per heavy atom. The van der Waals surface area contributed by atoms with E-state index in [0.29, 0.717) is 6.54 Å². The quantitative estimate of drug-likeness (QED) is 0.848. The lowest BCUT2D eigenvalue weighted by Gasteiger charge is -2.28. The zero-order valence-corrected chi connectivity index (χ0v) is 9.77. The SMILES string of the molecule is Oc1ccc(F)cc1C(O)CN1CCCCC1. The van der Waals surface area contributed by atoms with Crippen LogP contribution in [-0.2, 0) is 0 Å². The molecule has 1 aromatic carbocycles. The maximum atomic E-state index is 13.1. The average molecular weight is 239 g/mol. The number of halogens is 1. The van der Waals surface area contributed by atoms with Crippen molar-refractivity contribution >= 4 is 0 Å². The number of phenols is 1. The van der Waals surface area contributed by atoms with Crippen molar-refractivity contribution in [3.63, 3.8) is 0 Å². The van der Waals surface area contributed by atoms with Crippen LogP contribution >= 0.6 is 0 Å². The summed E-state index contributed by atoms with van der Waals surface area (Å²) in [4.78, 5) is 2.15. The van der Waals surface area contributed by atoms with Gasteiger partial charge >= 0.3 is 0 Å². The Labute approximate surface area is 100 Å². The summed E-state index contributed by atoms with van der Waals surface area (Å²) in [6.07, 6.45) is 2.69. The van der Waals surface area contributed by atoms with Crippen LogP contribution in [0.1, 0.15) is 30.9 Å². The fourth-order valence-electron chi connectivity index (χ4n) is 2.28. The highest BCUT2D eigenvalue weighted by Crippen LogP contribution is 2.26. The molecule has 1 aromatic rings.